The first-order valence-corrected chi connectivity index (χ1v) is 8.38. The first-order chi connectivity index (χ1) is 10.7. The highest BCUT2D eigenvalue weighted by molar-refractivity contribution is 6.30. The Morgan fingerprint density at radius 1 is 0.682 bits per heavy atom. The highest BCUT2D eigenvalue weighted by Crippen LogP contribution is 2.17. The van der Waals surface area contributed by atoms with E-state index < -0.39 is 0 Å². The molecular weight excluding hydrogens is 315 g/mol. The minimum absolute atomic E-state index is 0.798. The minimum atomic E-state index is 0.798. The van der Waals surface area contributed by atoms with Gasteiger partial charge in [0.05, 0.1) is 6.67 Å². The number of rotatable bonds is 4. The summed E-state index contributed by atoms with van der Waals surface area (Å²) < 4.78 is 0. The average molecular weight is 335 g/mol. The summed E-state index contributed by atoms with van der Waals surface area (Å²) in [6.45, 7) is 5.27. The van der Waals surface area contributed by atoms with Gasteiger partial charge in [0.15, 0.2) is 0 Å². The van der Waals surface area contributed by atoms with Crippen LogP contribution in [0.3, 0.4) is 0 Å². The molecule has 1 aliphatic rings. The summed E-state index contributed by atoms with van der Waals surface area (Å²) in [4.78, 5) is 4.98. The van der Waals surface area contributed by atoms with E-state index in [-0.39, 0.29) is 0 Å². The molecule has 0 atom stereocenters. The molecule has 0 aromatic heterocycles. The molecule has 0 bridgehead atoms. The molecule has 1 aliphatic heterocycles. The number of benzene rings is 2. The number of halogens is 2. The van der Waals surface area contributed by atoms with Crippen molar-refractivity contribution in [3.63, 3.8) is 0 Å². The Bertz CT molecular complexity index is 542. The summed E-state index contributed by atoms with van der Waals surface area (Å²) >= 11 is 11.9. The van der Waals surface area contributed by atoms with E-state index >= 15 is 0 Å². The Balaban J connectivity index is 1.56. The van der Waals surface area contributed by atoms with Crippen molar-refractivity contribution < 1.29 is 0 Å². The van der Waals surface area contributed by atoms with Gasteiger partial charge < -0.3 is 0 Å². The Hall–Kier alpha value is -1.06. The van der Waals surface area contributed by atoms with E-state index in [1.807, 2.05) is 24.3 Å². The average Bonchev–Trinajstić information content (AvgIpc) is 2.52. The Morgan fingerprint density at radius 2 is 1.09 bits per heavy atom. The molecule has 0 unspecified atom stereocenters. The van der Waals surface area contributed by atoms with Crippen LogP contribution in [0.2, 0.25) is 10.0 Å². The Morgan fingerprint density at radius 3 is 1.50 bits per heavy atom. The molecule has 3 rings (SSSR count). The molecule has 0 N–H and O–H groups in total. The molecule has 0 aliphatic carbocycles. The summed E-state index contributed by atoms with van der Waals surface area (Å²) in [5, 5.41) is 1.60. The minimum Gasteiger partial charge on any atom is -0.286 e. The van der Waals surface area contributed by atoms with Crippen molar-refractivity contribution in [2.45, 2.75) is 19.5 Å². The molecule has 22 heavy (non-hydrogen) atoms. The van der Waals surface area contributed by atoms with Gasteiger partial charge in [-0.15, -0.1) is 0 Å². The second-order valence-corrected chi connectivity index (χ2v) is 6.73. The van der Waals surface area contributed by atoms with E-state index in [1.54, 1.807) is 0 Å². The maximum atomic E-state index is 5.95. The van der Waals surface area contributed by atoms with Crippen LogP contribution < -0.4 is 0 Å². The first-order valence-electron chi connectivity index (χ1n) is 7.63. The number of hydrogen-bond acceptors (Lipinski definition) is 2. The van der Waals surface area contributed by atoms with Gasteiger partial charge in [0, 0.05) is 36.2 Å². The van der Waals surface area contributed by atoms with Crippen molar-refractivity contribution in [2.75, 3.05) is 19.8 Å². The van der Waals surface area contributed by atoms with Crippen molar-refractivity contribution in [1.82, 2.24) is 9.80 Å². The quantitative estimate of drug-likeness (QED) is 0.802. The zero-order valence-electron chi connectivity index (χ0n) is 12.5. The van der Waals surface area contributed by atoms with Crippen molar-refractivity contribution in [1.29, 1.82) is 0 Å². The van der Waals surface area contributed by atoms with Crippen LogP contribution in [-0.2, 0) is 13.1 Å². The van der Waals surface area contributed by atoms with Gasteiger partial charge in [0.1, 0.15) is 0 Å². The van der Waals surface area contributed by atoms with Crippen LogP contribution in [0.15, 0.2) is 48.5 Å². The largest absolute Gasteiger partial charge is 0.286 e. The zero-order chi connectivity index (χ0) is 15.4. The predicted molar refractivity (Wildman–Crippen MR) is 93.2 cm³/mol. The van der Waals surface area contributed by atoms with Gasteiger partial charge in [0.2, 0.25) is 0 Å². The fourth-order valence-electron chi connectivity index (χ4n) is 2.90. The summed E-state index contributed by atoms with van der Waals surface area (Å²) in [6.07, 6.45) is 1.21. The van der Waals surface area contributed by atoms with Gasteiger partial charge in [-0.1, -0.05) is 47.5 Å². The lowest BCUT2D eigenvalue weighted by Crippen LogP contribution is -2.43. The van der Waals surface area contributed by atoms with Crippen LogP contribution in [0.1, 0.15) is 17.5 Å². The summed E-state index contributed by atoms with van der Waals surface area (Å²) in [6, 6.07) is 16.3. The van der Waals surface area contributed by atoms with Gasteiger partial charge in [-0.2, -0.15) is 0 Å². The Kier molecular flexibility index (Phi) is 5.37. The molecular formula is C18H20Cl2N2. The lowest BCUT2D eigenvalue weighted by atomic mass is 10.1. The highest BCUT2D eigenvalue weighted by Gasteiger charge is 2.17. The van der Waals surface area contributed by atoms with Gasteiger partial charge in [0.25, 0.3) is 0 Å². The summed E-state index contributed by atoms with van der Waals surface area (Å²) in [7, 11) is 0. The van der Waals surface area contributed by atoms with Crippen LogP contribution in [-0.4, -0.2) is 29.6 Å². The van der Waals surface area contributed by atoms with Crippen molar-refractivity contribution in [2.24, 2.45) is 0 Å². The Labute approximate surface area is 142 Å². The fourth-order valence-corrected chi connectivity index (χ4v) is 3.15. The third-order valence-electron chi connectivity index (χ3n) is 3.99. The molecule has 4 heteroatoms. The first kappa shape index (κ1) is 15.8. The molecule has 0 saturated carbocycles. The van der Waals surface area contributed by atoms with Gasteiger partial charge in [-0.3, -0.25) is 9.80 Å². The van der Waals surface area contributed by atoms with Crippen molar-refractivity contribution >= 4 is 23.2 Å². The maximum absolute atomic E-state index is 5.95. The van der Waals surface area contributed by atoms with Crippen LogP contribution in [0.4, 0.5) is 0 Å². The van der Waals surface area contributed by atoms with Crippen molar-refractivity contribution in [3.05, 3.63) is 69.7 Å². The molecule has 1 saturated heterocycles. The fraction of sp³-hybridized carbons (Fsp3) is 0.333. The van der Waals surface area contributed by atoms with Gasteiger partial charge in [-0.05, 0) is 41.8 Å². The standard InChI is InChI=1S/C18H20Cl2N2/c19-17-6-2-15(3-7-17)12-21-10-1-11-22(14-21)13-16-4-8-18(20)9-5-16/h2-9H,1,10-14H2. The predicted octanol–water partition coefficient (Wildman–Crippen LogP) is 4.66. The monoisotopic (exact) mass is 334 g/mol. The third-order valence-corrected chi connectivity index (χ3v) is 4.49. The smallest absolute Gasteiger partial charge is 0.0512 e. The number of nitrogens with zero attached hydrogens (tertiary/aromatic N) is 2. The van der Waals surface area contributed by atoms with E-state index in [1.165, 1.54) is 17.5 Å². The summed E-state index contributed by atoms with van der Waals surface area (Å²) in [5.41, 5.74) is 2.63. The molecule has 2 aromatic rings. The van der Waals surface area contributed by atoms with Gasteiger partial charge >= 0.3 is 0 Å². The second-order valence-electron chi connectivity index (χ2n) is 5.85. The van der Waals surface area contributed by atoms with E-state index in [9.17, 15) is 0 Å². The van der Waals surface area contributed by atoms with E-state index in [4.69, 9.17) is 23.2 Å². The van der Waals surface area contributed by atoms with E-state index in [0.29, 0.717) is 0 Å². The maximum Gasteiger partial charge on any atom is 0.0512 e. The topological polar surface area (TPSA) is 6.48 Å². The lowest BCUT2D eigenvalue weighted by Gasteiger charge is -2.35. The van der Waals surface area contributed by atoms with Crippen LogP contribution in [0.5, 0.6) is 0 Å². The number of hydrogen-bond donors (Lipinski definition) is 0. The molecule has 1 fully saturated rings. The molecule has 1 heterocycles. The highest BCUT2D eigenvalue weighted by atomic mass is 35.5. The van der Waals surface area contributed by atoms with Crippen LogP contribution in [0.25, 0.3) is 0 Å². The zero-order valence-corrected chi connectivity index (χ0v) is 14.0. The molecule has 0 radical (unpaired) electrons. The molecule has 2 aromatic carbocycles. The molecule has 116 valence electrons. The third kappa shape index (κ3) is 4.47. The van der Waals surface area contributed by atoms with Crippen LogP contribution in [0, 0.1) is 0 Å². The molecule has 2 nitrogen and oxygen atoms in total. The van der Waals surface area contributed by atoms with E-state index in [0.717, 1.165) is 42.9 Å². The molecule has 0 spiro atoms. The SMILES string of the molecule is Clc1ccc(CN2CCCN(Cc3ccc(Cl)cc3)C2)cc1. The normalized spacial score (nSPS) is 16.8. The lowest BCUT2D eigenvalue weighted by molar-refractivity contribution is 0.0746. The van der Waals surface area contributed by atoms with Gasteiger partial charge in [-0.25, -0.2) is 0 Å². The second kappa shape index (κ2) is 7.47. The summed E-state index contributed by atoms with van der Waals surface area (Å²) in [5.74, 6) is 0. The van der Waals surface area contributed by atoms with Crippen molar-refractivity contribution in [3.8, 4) is 0 Å². The van der Waals surface area contributed by atoms with Crippen LogP contribution >= 0.6 is 23.2 Å². The molecule has 0 amide bonds. The van der Waals surface area contributed by atoms with E-state index in [2.05, 4.69) is 34.1 Å².